The second-order valence-electron chi connectivity index (χ2n) is 5.02. The van der Waals surface area contributed by atoms with Crippen molar-refractivity contribution < 1.29 is 13.5 Å². The molecule has 0 amide bonds. The average molecular weight is 284 g/mol. The van der Waals surface area contributed by atoms with E-state index in [-0.39, 0.29) is 17.5 Å². The summed E-state index contributed by atoms with van der Waals surface area (Å²) >= 11 is 0. The molecule has 1 aromatic carbocycles. The summed E-state index contributed by atoms with van der Waals surface area (Å²) in [4.78, 5) is 2.38. The number of piperidine rings is 1. The predicted molar refractivity (Wildman–Crippen MR) is 73.2 cm³/mol. The topological polar surface area (TPSA) is 69.6 Å². The SMILES string of the molecule is CN1CCCC(NS(=O)(=O)c2ccc(CO)cc2)C1. The Morgan fingerprint density at radius 1 is 1.37 bits per heavy atom. The van der Waals surface area contributed by atoms with Crippen LogP contribution in [0.25, 0.3) is 0 Å². The monoisotopic (exact) mass is 284 g/mol. The molecule has 1 unspecified atom stereocenters. The number of aliphatic hydroxyl groups is 1. The van der Waals surface area contributed by atoms with E-state index in [9.17, 15) is 8.42 Å². The lowest BCUT2D eigenvalue weighted by atomic mass is 10.1. The molecule has 0 radical (unpaired) electrons. The fourth-order valence-corrected chi connectivity index (χ4v) is 3.59. The first-order valence-electron chi connectivity index (χ1n) is 6.42. The number of nitrogens with zero attached hydrogens (tertiary/aromatic N) is 1. The van der Waals surface area contributed by atoms with Crippen molar-refractivity contribution in [3.63, 3.8) is 0 Å². The second-order valence-corrected chi connectivity index (χ2v) is 6.74. The van der Waals surface area contributed by atoms with Gasteiger partial charge in [-0.25, -0.2) is 13.1 Å². The Morgan fingerprint density at radius 2 is 2.05 bits per heavy atom. The van der Waals surface area contributed by atoms with E-state index >= 15 is 0 Å². The van der Waals surface area contributed by atoms with E-state index in [2.05, 4.69) is 9.62 Å². The van der Waals surface area contributed by atoms with Crippen LogP contribution in [0, 0.1) is 0 Å². The fraction of sp³-hybridized carbons (Fsp3) is 0.538. The van der Waals surface area contributed by atoms with Gasteiger partial charge in [-0.1, -0.05) is 12.1 Å². The van der Waals surface area contributed by atoms with Gasteiger partial charge in [-0.2, -0.15) is 0 Å². The van der Waals surface area contributed by atoms with Gasteiger partial charge in [-0.3, -0.25) is 0 Å². The number of sulfonamides is 1. The molecule has 1 heterocycles. The van der Waals surface area contributed by atoms with Crippen molar-refractivity contribution >= 4 is 10.0 Å². The first-order chi connectivity index (χ1) is 9.01. The number of aliphatic hydroxyl groups excluding tert-OH is 1. The van der Waals surface area contributed by atoms with Gasteiger partial charge in [0.05, 0.1) is 11.5 Å². The molecule has 1 aliphatic heterocycles. The highest BCUT2D eigenvalue weighted by Crippen LogP contribution is 2.14. The largest absolute Gasteiger partial charge is 0.392 e. The van der Waals surface area contributed by atoms with Crippen LogP contribution < -0.4 is 4.72 Å². The van der Waals surface area contributed by atoms with Crippen molar-refractivity contribution in [2.75, 3.05) is 20.1 Å². The third-order valence-corrected chi connectivity index (χ3v) is 4.90. The maximum atomic E-state index is 12.2. The number of likely N-dealkylation sites (N-methyl/N-ethyl adjacent to an activating group) is 1. The number of benzene rings is 1. The molecule has 1 aliphatic rings. The number of rotatable bonds is 4. The quantitative estimate of drug-likeness (QED) is 0.847. The molecule has 0 aromatic heterocycles. The van der Waals surface area contributed by atoms with Crippen molar-refractivity contribution in [3.8, 4) is 0 Å². The van der Waals surface area contributed by atoms with Crippen molar-refractivity contribution in [3.05, 3.63) is 29.8 Å². The third kappa shape index (κ3) is 3.76. The summed E-state index contributed by atoms with van der Waals surface area (Å²) in [5.74, 6) is 0. The Bertz CT molecular complexity index is 513. The van der Waals surface area contributed by atoms with Crippen LogP contribution in [0.15, 0.2) is 29.2 Å². The number of likely N-dealkylation sites (tertiary alicyclic amines) is 1. The summed E-state index contributed by atoms with van der Waals surface area (Å²) in [5.41, 5.74) is 0.705. The molecule has 0 saturated carbocycles. The van der Waals surface area contributed by atoms with E-state index in [1.165, 1.54) is 12.1 Å². The zero-order valence-corrected chi connectivity index (χ0v) is 11.9. The van der Waals surface area contributed by atoms with Gasteiger partial charge in [-0.05, 0) is 44.1 Å². The number of hydrogen-bond acceptors (Lipinski definition) is 4. The molecule has 1 saturated heterocycles. The Kier molecular flexibility index (Phi) is 4.57. The highest BCUT2D eigenvalue weighted by Gasteiger charge is 2.23. The molecule has 0 aliphatic carbocycles. The third-order valence-electron chi connectivity index (χ3n) is 3.36. The average Bonchev–Trinajstić information content (AvgIpc) is 2.38. The molecule has 2 N–H and O–H groups in total. The zero-order valence-electron chi connectivity index (χ0n) is 11.0. The highest BCUT2D eigenvalue weighted by atomic mass is 32.2. The van der Waals surface area contributed by atoms with E-state index in [4.69, 9.17) is 5.11 Å². The van der Waals surface area contributed by atoms with E-state index in [0.717, 1.165) is 25.9 Å². The maximum absolute atomic E-state index is 12.2. The predicted octanol–water partition coefficient (Wildman–Crippen LogP) is 0.551. The number of hydrogen-bond donors (Lipinski definition) is 2. The summed E-state index contributed by atoms with van der Waals surface area (Å²) in [6.07, 6.45) is 1.88. The van der Waals surface area contributed by atoms with Gasteiger partial charge in [0.15, 0.2) is 0 Å². The van der Waals surface area contributed by atoms with Crippen molar-refractivity contribution in [2.24, 2.45) is 0 Å². The van der Waals surface area contributed by atoms with E-state index in [1.54, 1.807) is 12.1 Å². The minimum Gasteiger partial charge on any atom is -0.392 e. The van der Waals surface area contributed by atoms with Gasteiger partial charge in [0.1, 0.15) is 0 Å². The molecule has 106 valence electrons. The molecule has 0 bridgehead atoms. The molecule has 6 heteroatoms. The molecule has 5 nitrogen and oxygen atoms in total. The summed E-state index contributed by atoms with van der Waals surface area (Å²) in [5, 5.41) is 8.95. The molecule has 2 rings (SSSR count). The summed E-state index contributed by atoms with van der Waals surface area (Å²) in [7, 11) is -1.47. The second kappa shape index (κ2) is 6.00. The summed E-state index contributed by atoms with van der Waals surface area (Å²) in [6, 6.07) is 6.28. The van der Waals surface area contributed by atoms with Crippen LogP contribution in [0.5, 0.6) is 0 Å². The van der Waals surface area contributed by atoms with Crippen LogP contribution in [0.4, 0.5) is 0 Å². The molecule has 1 atom stereocenters. The Morgan fingerprint density at radius 3 is 2.63 bits per heavy atom. The molecular weight excluding hydrogens is 264 g/mol. The molecular formula is C13H20N2O3S. The minimum absolute atomic E-state index is 0.0266. The first-order valence-corrected chi connectivity index (χ1v) is 7.90. The summed E-state index contributed by atoms with van der Waals surface area (Å²) < 4.78 is 27.2. The zero-order chi connectivity index (χ0) is 13.9. The van der Waals surface area contributed by atoms with Crippen LogP contribution in [-0.2, 0) is 16.6 Å². The van der Waals surface area contributed by atoms with E-state index in [1.807, 2.05) is 7.05 Å². The van der Waals surface area contributed by atoms with Gasteiger partial charge < -0.3 is 10.0 Å². The van der Waals surface area contributed by atoms with Crippen LogP contribution >= 0.6 is 0 Å². The maximum Gasteiger partial charge on any atom is 0.240 e. The van der Waals surface area contributed by atoms with E-state index in [0.29, 0.717) is 5.56 Å². The van der Waals surface area contributed by atoms with Crippen LogP contribution in [-0.4, -0.2) is 44.6 Å². The Balaban J connectivity index is 2.08. The first kappa shape index (κ1) is 14.5. The van der Waals surface area contributed by atoms with Crippen LogP contribution in [0.3, 0.4) is 0 Å². The van der Waals surface area contributed by atoms with Crippen molar-refractivity contribution in [1.29, 1.82) is 0 Å². The molecule has 19 heavy (non-hydrogen) atoms. The highest BCUT2D eigenvalue weighted by molar-refractivity contribution is 7.89. The van der Waals surface area contributed by atoms with Gasteiger partial charge in [-0.15, -0.1) is 0 Å². The normalized spacial score (nSPS) is 21.5. The standard InChI is InChI=1S/C13H20N2O3S/c1-15-8-2-3-12(9-15)14-19(17,18)13-6-4-11(10-16)5-7-13/h4-7,12,14,16H,2-3,8-10H2,1H3. The number of nitrogens with one attached hydrogen (secondary N) is 1. The van der Waals surface area contributed by atoms with Crippen molar-refractivity contribution in [1.82, 2.24) is 9.62 Å². The fourth-order valence-electron chi connectivity index (χ4n) is 2.32. The lowest BCUT2D eigenvalue weighted by Crippen LogP contribution is -2.46. The van der Waals surface area contributed by atoms with Gasteiger partial charge in [0.2, 0.25) is 10.0 Å². The van der Waals surface area contributed by atoms with Crippen LogP contribution in [0.1, 0.15) is 18.4 Å². The minimum atomic E-state index is -3.47. The smallest absolute Gasteiger partial charge is 0.240 e. The summed E-state index contributed by atoms with van der Waals surface area (Å²) in [6.45, 7) is 1.68. The Labute approximate surface area is 114 Å². The van der Waals surface area contributed by atoms with Crippen molar-refractivity contribution in [2.45, 2.75) is 30.4 Å². The molecule has 0 spiro atoms. The van der Waals surface area contributed by atoms with Gasteiger partial charge in [0.25, 0.3) is 0 Å². The molecule has 1 aromatic rings. The van der Waals surface area contributed by atoms with Gasteiger partial charge in [0, 0.05) is 12.6 Å². The molecule has 1 fully saturated rings. The van der Waals surface area contributed by atoms with Gasteiger partial charge >= 0.3 is 0 Å². The Hall–Kier alpha value is -0.950. The lowest BCUT2D eigenvalue weighted by molar-refractivity contribution is 0.242. The van der Waals surface area contributed by atoms with E-state index < -0.39 is 10.0 Å². The van der Waals surface area contributed by atoms with Crippen LogP contribution in [0.2, 0.25) is 0 Å². The lowest BCUT2D eigenvalue weighted by Gasteiger charge is -2.29.